The van der Waals surface area contributed by atoms with Gasteiger partial charge >= 0.3 is 0 Å². The third-order valence-electron chi connectivity index (χ3n) is 2.78. The highest BCUT2D eigenvalue weighted by Crippen LogP contribution is 2.27. The van der Waals surface area contributed by atoms with E-state index in [1.54, 1.807) is 7.11 Å². The highest BCUT2D eigenvalue weighted by Gasteiger charge is 2.05. The first-order chi connectivity index (χ1) is 9.83. The highest BCUT2D eigenvalue weighted by molar-refractivity contribution is 5.42. The molecule has 6 nitrogen and oxygen atoms in total. The van der Waals surface area contributed by atoms with Crippen LogP contribution in [-0.2, 0) is 13.0 Å². The van der Waals surface area contributed by atoms with Gasteiger partial charge in [0.15, 0.2) is 17.8 Å². The second-order valence-corrected chi connectivity index (χ2v) is 4.18. The lowest BCUT2D eigenvalue weighted by atomic mass is 10.2. The van der Waals surface area contributed by atoms with Crippen molar-refractivity contribution in [2.75, 3.05) is 20.3 Å². The molecule has 0 bridgehead atoms. The maximum Gasteiger partial charge on any atom is 0.227 e. The van der Waals surface area contributed by atoms with Gasteiger partial charge in [-0.15, -0.1) is 0 Å². The fourth-order valence-electron chi connectivity index (χ4n) is 1.83. The van der Waals surface area contributed by atoms with Crippen LogP contribution in [0.2, 0.25) is 0 Å². The summed E-state index contributed by atoms with van der Waals surface area (Å²) < 4.78 is 15.7. The van der Waals surface area contributed by atoms with E-state index >= 15 is 0 Å². The Kier molecular flexibility index (Phi) is 5.37. The van der Waals surface area contributed by atoms with Crippen molar-refractivity contribution in [3.63, 3.8) is 0 Å². The molecule has 0 saturated carbocycles. The van der Waals surface area contributed by atoms with Gasteiger partial charge in [0.1, 0.15) is 0 Å². The zero-order valence-corrected chi connectivity index (χ0v) is 11.8. The van der Waals surface area contributed by atoms with Gasteiger partial charge in [0.2, 0.25) is 5.89 Å². The normalized spacial score (nSPS) is 10.5. The minimum absolute atomic E-state index is 0.623. The molecule has 2 aromatic rings. The molecular weight excluding hydrogens is 258 g/mol. The summed E-state index contributed by atoms with van der Waals surface area (Å²) >= 11 is 0. The predicted octanol–water partition coefficient (Wildman–Crippen LogP) is 1.81. The van der Waals surface area contributed by atoms with Gasteiger partial charge in [0.25, 0.3) is 0 Å². The molecule has 2 rings (SSSR count). The summed E-state index contributed by atoms with van der Waals surface area (Å²) in [5.41, 5.74) is 1.14. The summed E-state index contributed by atoms with van der Waals surface area (Å²) in [5.74, 6) is 2.16. The van der Waals surface area contributed by atoms with Crippen LogP contribution in [0.4, 0.5) is 0 Å². The van der Waals surface area contributed by atoms with Gasteiger partial charge in [-0.1, -0.05) is 11.2 Å². The fraction of sp³-hybridized carbons (Fsp3) is 0.429. The number of benzene rings is 1. The van der Waals surface area contributed by atoms with E-state index < -0.39 is 0 Å². The number of hydrogen-bond donors (Lipinski definition) is 1. The van der Waals surface area contributed by atoms with Gasteiger partial charge in [-0.05, 0) is 24.6 Å². The molecule has 108 valence electrons. The molecule has 0 aliphatic carbocycles. The summed E-state index contributed by atoms with van der Waals surface area (Å²) in [6.07, 6.45) is 2.13. The van der Waals surface area contributed by atoms with E-state index in [0.29, 0.717) is 18.9 Å². The highest BCUT2D eigenvalue weighted by atomic mass is 16.5. The Hall–Kier alpha value is -2.08. The van der Waals surface area contributed by atoms with Crippen LogP contribution in [0.25, 0.3) is 0 Å². The molecule has 0 fully saturated rings. The topological polar surface area (TPSA) is 69.4 Å². The molecule has 0 aliphatic rings. The van der Waals surface area contributed by atoms with Crippen LogP contribution in [0.3, 0.4) is 0 Å². The lowest BCUT2D eigenvalue weighted by Gasteiger charge is -2.11. The number of nitrogens with one attached hydrogen (secondary N) is 1. The average molecular weight is 277 g/mol. The van der Waals surface area contributed by atoms with Crippen LogP contribution in [0.15, 0.2) is 29.0 Å². The summed E-state index contributed by atoms with van der Waals surface area (Å²) in [6, 6.07) is 5.93. The number of aromatic nitrogens is 2. The Bertz CT molecular complexity index is 514. The number of rotatable bonds is 8. The fourth-order valence-corrected chi connectivity index (χ4v) is 1.83. The van der Waals surface area contributed by atoms with E-state index in [1.807, 2.05) is 25.1 Å². The number of hydrogen-bond acceptors (Lipinski definition) is 6. The summed E-state index contributed by atoms with van der Waals surface area (Å²) in [5, 5.41) is 6.88. The Morgan fingerprint density at radius 2 is 2.20 bits per heavy atom. The molecule has 0 spiro atoms. The zero-order valence-electron chi connectivity index (χ0n) is 11.8. The van der Waals surface area contributed by atoms with Crippen LogP contribution < -0.4 is 14.8 Å². The third kappa shape index (κ3) is 3.96. The van der Waals surface area contributed by atoms with E-state index in [1.165, 1.54) is 6.33 Å². The summed E-state index contributed by atoms with van der Waals surface area (Å²) in [6.45, 7) is 4.10. The van der Waals surface area contributed by atoms with E-state index in [4.69, 9.17) is 14.0 Å². The number of ether oxygens (including phenoxy) is 2. The van der Waals surface area contributed by atoms with Crippen molar-refractivity contribution in [2.45, 2.75) is 19.9 Å². The molecule has 1 aromatic heterocycles. The monoisotopic (exact) mass is 277 g/mol. The molecular formula is C14H19N3O3. The van der Waals surface area contributed by atoms with Gasteiger partial charge in [0.05, 0.1) is 13.7 Å². The van der Waals surface area contributed by atoms with Crippen molar-refractivity contribution < 1.29 is 14.0 Å². The lowest BCUT2D eigenvalue weighted by Crippen LogP contribution is -2.16. The van der Waals surface area contributed by atoms with Crippen molar-refractivity contribution in [3.05, 3.63) is 36.0 Å². The first-order valence-electron chi connectivity index (χ1n) is 6.59. The Morgan fingerprint density at radius 3 is 2.90 bits per heavy atom. The molecule has 1 heterocycles. The van der Waals surface area contributed by atoms with E-state index in [9.17, 15) is 0 Å². The van der Waals surface area contributed by atoms with Crippen LogP contribution >= 0.6 is 0 Å². The summed E-state index contributed by atoms with van der Waals surface area (Å²) in [7, 11) is 1.64. The molecule has 20 heavy (non-hydrogen) atoms. The molecule has 0 saturated heterocycles. The Labute approximate surface area is 118 Å². The van der Waals surface area contributed by atoms with Crippen molar-refractivity contribution in [1.82, 2.24) is 15.5 Å². The van der Waals surface area contributed by atoms with E-state index in [2.05, 4.69) is 15.5 Å². The quantitative estimate of drug-likeness (QED) is 0.742. The minimum Gasteiger partial charge on any atom is -0.493 e. The van der Waals surface area contributed by atoms with Crippen molar-refractivity contribution >= 4 is 0 Å². The van der Waals surface area contributed by atoms with Gasteiger partial charge in [-0.2, -0.15) is 4.98 Å². The van der Waals surface area contributed by atoms with Crippen molar-refractivity contribution in [1.29, 1.82) is 0 Å². The van der Waals surface area contributed by atoms with Crippen molar-refractivity contribution in [3.8, 4) is 11.5 Å². The Balaban J connectivity index is 1.83. The van der Waals surface area contributed by atoms with Crippen molar-refractivity contribution in [2.24, 2.45) is 0 Å². The molecule has 1 N–H and O–H groups in total. The maximum atomic E-state index is 5.48. The molecule has 1 aromatic carbocycles. The van der Waals surface area contributed by atoms with Crippen LogP contribution in [0, 0.1) is 0 Å². The largest absolute Gasteiger partial charge is 0.493 e. The molecule has 0 radical (unpaired) electrons. The molecule has 0 atom stereocenters. The smallest absolute Gasteiger partial charge is 0.227 e. The van der Waals surface area contributed by atoms with Crippen LogP contribution in [-0.4, -0.2) is 30.4 Å². The lowest BCUT2D eigenvalue weighted by molar-refractivity contribution is 0.310. The van der Waals surface area contributed by atoms with Gasteiger partial charge < -0.3 is 19.3 Å². The second kappa shape index (κ2) is 7.49. The second-order valence-electron chi connectivity index (χ2n) is 4.18. The molecule has 0 amide bonds. The maximum absolute atomic E-state index is 5.48. The first-order valence-corrected chi connectivity index (χ1v) is 6.59. The zero-order chi connectivity index (χ0) is 14.2. The SMILES string of the molecule is CCOc1ccc(CNCCc2ncno2)cc1OC. The van der Waals surface area contributed by atoms with Crippen LogP contribution in [0.5, 0.6) is 11.5 Å². The van der Waals surface area contributed by atoms with Gasteiger partial charge in [0, 0.05) is 19.5 Å². The predicted molar refractivity (Wildman–Crippen MR) is 73.9 cm³/mol. The van der Waals surface area contributed by atoms with Crippen LogP contribution in [0.1, 0.15) is 18.4 Å². The van der Waals surface area contributed by atoms with E-state index in [0.717, 1.165) is 30.2 Å². The number of nitrogens with zero attached hydrogens (tertiary/aromatic N) is 2. The third-order valence-corrected chi connectivity index (χ3v) is 2.78. The van der Waals surface area contributed by atoms with Gasteiger partial charge in [-0.25, -0.2) is 0 Å². The molecule has 0 unspecified atom stereocenters. The van der Waals surface area contributed by atoms with E-state index in [-0.39, 0.29) is 0 Å². The molecule has 0 aliphatic heterocycles. The molecule has 6 heteroatoms. The average Bonchev–Trinajstić information content (AvgIpc) is 2.98. The number of methoxy groups -OCH3 is 1. The summed E-state index contributed by atoms with van der Waals surface area (Å²) in [4.78, 5) is 3.97. The standard InChI is InChI=1S/C14H19N3O3/c1-3-19-12-5-4-11(8-13(12)18-2)9-15-7-6-14-16-10-17-20-14/h4-5,8,10,15H,3,6-7,9H2,1-2H3. The Morgan fingerprint density at radius 1 is 1.30 bits per heavy atom. The van der Waals surface area contributed by atoms with Gasteiger partial charge in [-0.3, -0.25) is 0 Å². The first kappa shape index (κ1) is 14.3. The minimum atomic E-state index is 0.623.